The Morgan fingerprint density at radius 2 is 2.08 bits per heavy atom. The molecule has 2 aliphatic rings. The van der Waals surface area contributed by atoms with E-state index in [9.17, 15) is 4.79 Å². The minimum atomic E-state index is 0.0492. The maximum absolute atomic E-state index is 11.3. The molecule has 0 spiro atoms. The number of rotatable bonds is 1. The average molecular weight is 169 g/mol. The van der Waals surface area contributed by atoms with Crippen molar-refractivity contribution in [2.75, 3.05) is 13.1 Å². The number of carbonyl (C=O) groups excluding carboxylic acids is 1. The molecule has 2 rings (SSSR count). The number of carbonyl (C=O) groups is 1. The van der Waals surface area contributed by atoms with Crippen molar-refractivity contribution in [2.24, 2.45) is 0 Å². The number of hydrogen-bond acceptors (Lipinski definition) is 2. The second-order valence-electron chi connectivity index (χ2n) is 3.49. The number of urea groups is 1. The first kappa shape index (κ1) is 7.86. The zero-order valence-corrected chi connectivity index (χ0v) is 7.18. The predicted molar refractivity (Wildman–Crippen MR) is 45.5 cm³/mol. The molecule has 1 aliphatic heterocycles. The van der Waals surface area contributed by atoms with Gasteiger partial charge in [0, 0.05) is 19.1 Å². The van der Waals surface area contributed by atoms with Crippen molar-refractivity contribution < 1.29 is 4.79 Å². The first-order valence-corrected chi connectivity index (χ1v) is 4.67. The molecule has 0 aromatic heterocycles. The SMILES string of the molecule is O=C1NNCCN1C1CCCC1. The van der Waals surface area contributed by atoms with Gasteiger partial charge in [-0.3, -0.25) is 5.43 Å². The predicted octanol–water partition coefficient (Wildman–Crippen LogP) is 0.459. The molecule has 0 aromatic carbocycles. The minimum Gasteiger partial charge on any atom is -0.319 e. The van der Waals surface area contributed by atoms with Gasteiger partial charge >= 0.3 is 6.03 Å². The van der Waals surface area contributed by atoms with Gasteiger partial charge in [-0.15, -0.1) is 0 Å². The van der Waals surface area contributed by atoms with Crippen LogP contribution in [0.3, 0.4) is 0 Å². The van der Waals surface area contributed by atoms with E-state index in [1.807, 2.05) is 4.90 Å². The molecule has 0 bridgehead atoms. The van der Waals surface area contributed by atoms with Gasteiger partial charge in [-0.1, -0.05) is 12.8 Å². The quantitative estimate of drug-likeness (QED) is 0.599. The van der Waals surface area contributed by atoms with Crippen LogP contribution in [0.1, 0.15) is 25.7 Å². The van der Waals surface area contributed by atoms with Crippen LogP contribution in [0.15, 0.2) is 0 Å². The van der Waals surface area contributed by atoms with Gasteiger partial charge in [0.1, 0.15) is 0 Å². The Hall–Kier alpha value is -0.770. The lowest BCUT2D eigenvalue weighted by Gasteiger charge is -2.32. The van der Waals surface area contributed by atoms with Crippen molar-refractivity contribution in [1.82, 2.24) is 15.8 Å². The smallest absolute Gasteiger partial charge is 0.319 e. The lowest BCUT2D eigenvalue weighted by atomic mass is 10.2. The molecule has 1 aliphatic carbocycles. The zero-order valence-electron chi connectivity index (χ0n) is 7.18. The van der Waals surface area contributed by atoms with Crippen molar-refractivity contribution in [3.8, 4) is 0 Å². The molecule has 4 nitrogen and oxygen atoms in total. The summed E-state index contributed by atoms with van der Waals surface area (Å²) in [5.41, 5.74) is 5.49. The van der Waals surface area contributed by atoms with E-state index >= 15 is 0 Å². The largest absolute Gasteiger partial charge is 0.332 e. The Kier molecular flexibility index (Phi) is 2.17. The number of nitrogens with zero attached hydrogens (tertiary/aromatic N) is 1. The Balaban J connectivity index is 1.95. The number of hydrazine groups is 1. The van der Waals surface area contributed by atoms with E-state index < -0.39 is 0 Å². The molecule has 2 amide bonds. The standard InChI is InChI=1S/C8H15N3O/c12-8-10-9-5-6-11(8)7-3-1-2-4-7/h7,9H,1-6H2,(H,10,12). The fourth-order valence-electron chi connectivity index (χ4n) is 2.05. The van der Waals surface area contributed by atoms with Gasteiger partial charge in [0.2, 0.25) is 0 Å². The van der Waals surface area contributed by atoms with Crippen LogP contribution in [0.2, 0.25) is 0 Å². The number of hydrogen-bond donors (Lipinski definition) is 2. The van der Waals surface area contributed by atoms with Gasteiger partial charge < -0.3 is 4.90 Å². The molecule has 1 saturated carbocycles. The molecule has 2 N–H and O–H groups in total. The third kappa shape index (κ3) is 1.39. The van der Waals surface area contributed by atoms with Crippen LogP contribution in [0.4, 0.5) is 4.79 Å². The van der Waals surface area contributed by atoms with E-state index in [0.717, 1.165) is 13.1 Å². The first-order chi connectivity index (χ1) is 5.88. The monoisotopic (exact) mass is 169 g/mol. The van der Waals surface area contributed by atoms with Gasteiger partial charge in [0.15, 0.2) is 0 Å². The fourth-order valence-corrected chi connectivity index (χ4v) is 2.05. The molecule has 12 heavy (non-hydrogen) atoms. The third-order valence-corrected chi connectivity index (χ3v) is 2.70. The van der Waals surface area contributed by atoms with E-state index in [-0.39, 0.29) is 6.03 Å². The average Bonchev–Trinajstić information content (AvgIpc) is 2.57. The van der Waals surface area contributed by atoms with E-state index in [2.05, 4.69) is 10.9 Å². The molecule has 4 heteroatoms. The van der Waals surface area contributed by atoms with Crippen LogP contribution >= 0.6 is 0 Å². The van der Waals surface area contributed by atoms with Crippen molar-refractivity contribution in [3.05, 3.63) is 0 Å². The summed E-state index contributed by atoms with van der Waals surface area (Å²) in [6.45, 7) is 1.72. The lowest BCUT2D eigenvalue weighted by molar-refractivity contribution is 0.155. The van der Waals surface area contributed by atoms with E-state index in [1.54, 1.807) is 0 Å². The molecule has 0 unspecified atom stereocenters. The highest BCUT2D eigenvalue weighted by atomic mass is 16.2. The van der Waals surface area contributed by atoms with Crippen LogP contribution in [-0.2, 0) is 0 Å². The number of nitrogens with one attached hydrogen (secondary N) is 2. The summed E-state index contributed by atoms with van der Waals surface area (Å²) < 4.78 is 0. The summed E-state index contributed by atoms with van der Waals surface area (Å²) in [5, 5.41) is 0. The molecular weight excluding hydrogens is 154 g/mol. The van der Waals surface area contributed by atoms with Crippen LogP contribution in [-0.4, -0.2) is 30.1 Å². The topological polar surface area (TPSA) is 44.4 Å². The normalized spacial score (nSPS) is 26.0. The Morgan fingerprint density at radius 3 is 2.75 bits per heavy atom. The minimum absolute atomic E-state index is 0.0492. The van der Waals surface area contributed by atoms with Crippen molar-refractivity contribution in [2.45, 2.75) is 31.7 Å². The second kappa shape index (κ2) is 3.31. The lowest BCUT2D eigenvalue weighted by Crippen LogP contribution is -2.57. The highest BCUT2D eigenvalue weighted by Gasteiger charge is 2.27. The third-order valence-electron chi connectivity index (χ3n) is 2.70. The summed E-state index contributed by atoms with van der Waals surface area (Å²) in [7, 11) is 0. The van der Waals surface area contributed by atoms with E-state index in [4.69, 9.17) is 0 Å². The summed E-state index contributed by atoms with van der Waals surface area (Å²) in [6.07, 6.45) is 4.94. The zero-order chi connectivity index (χ0) is 8.39. The maximum Gasteiger partial charge on any atom is 0.332 e. The van der Waals surface area contributed by atoms with Gasteiger partial charge in [-0.05, 0) is 12.8 Å². The molecule has 1 heterocycles. The number of amides is 2. The van der Waals surface area contributed by atoms with Crippen LogP contribution in [0.25, 0.3) is 0 Å². The van der Waals surface area contributed by atoms with Gasteiger partial charge in [-0.25, -0.2) is 10.2 Å². The molecule has 0 aromatic rings. The van der Waals surface area contributed by atoms with Gasteiger partial charge in [-0.2, -0.15) is 0 Å². The molecular formula is C8H15N3O. The molecule has 1 saturated heterocycles. The Labute approximate surface area is 72.3 Å². The molecule has 0 radical (unpaired) electrons. The van der Waals surface area contributed by atoms with E-state index in [1.165, 1.54) is 25.7 Å². The highest BCUT2D eigenvalue weighted by Crippen LogP contribution is 2.23. The second-order valence-corrected chi connectivity index (χ2v) is 3.49. The van der Waals surface area contributed by atoms with Crippen molar-refractivity contribution >= 4 is 6.03 Å². The maximum atomic E-state index is 11.3. The van der Waals surface area contributed by atoms with Crippen molar-refractivity contribution in [3.63, 3.8) is 0 Å². The van der Waals surface area contributed by atoms with Gasteiger partial charge in [0.25, 0.3) is 0 Å². The van der Waals surface area contributed by atoms with Crippen LogP contribution in [0, 0.1) is 0 Å². The van der Waals surface area contributed by atoms with Gasteiger partial charge in [0.05, 0.1) is 0 Å². The van der Waals surface area contributed by atoms with Crippen molar-refractivity contribution in [1.29, 1.82) is 0 Å². The summed E-state index contributed by atoms with van der Waals surface area (Å²) in [5.74, 6) is 0. The Bertz CT molecular complexity index is 177. The Morgan fingerprint density at radius 1 is 1.33 bits per heavy atom. The summed E-state index contributed by atoms with van der Waals surface area (Å²) in [4.78, 5) is 13.3. The highest BCUT2D eigenvalue weighted by molar-refractivity contribution is 5.74. The molecule has 68 valence electrons. The summed E-state index contributed by atoms with van der Waals surface area (Å²) >= 11 is 0. The first-order valence-electron chi connectivity index (χ1n) is 4.67. The summed E-state index contributed by atoms with van der Waals surface area (Å²) in [6, 6.07) is 0.556. The molecule has 2 fully saturated rings. The van der Waals surface area contributed by atoms with E-state index in [0.29, 0.717) is 6.04 Å². The van der Waals surface area contributed by atoms with Crippen LogP contribution < -0.4 is 10.9 Å². The van der Waals surface area contributed by atoms with Crippen LogP contribution in [0.5, 0.6) is 0 Å². The fraction of sp³-hybridized carbons (Fsp3) is 0.875. The molecule has 0 atom stereocenters.